The molecule has 1 aliphatic rings. The molecule has 1 heterocycles. The van der Waals surface area contributed by atoms with Gasteiger partial charge in [-0.05, 0) is 5.14 Å². The quantitative estimate of drug-likeness (QED) is 0.555. The normalized spacial score (nSPS) is 60.0. The summed E-state index contributed by atoms with van der Waals surface area (Å²) in [6.45, 7) is 4.93. The van der Waals surface area contributed by atoms with Gasteiger partial charge in [-0.25, -0.2) is 0 Å². The summed E-state index contributed by atoms with van der Waals surface area (Å²) in [6.07, 6.45) is -1.73. The van der Waals surface area contributed by atoms with Crippen LogP contribution < -0.4 is 0 Å². The first-order valence-electron chi connectivity index (χ1n) is 7.21. The third-order valence-electron chi connectivity index (χ3n) is 2.73. The molecule has 0 aromatic rings. The second-order valence-electron chi connectivity index (χ2n) is 4.34. The van der Waals surface area contributed by atoms with Gasteiger partial charge in [0.1, 0.15) is 0 Å². The maximum atomic E-state index is 8.73. The van der Waals surface area contributed by atoms with Gasteiger partial charge in [-0.1, -0.05) is 51.5 Å². The van der Waals surface area contributed by atoms with E-state index in [2.05, 4.69) is 0 Å². The minimum atomic E-state index is -2.96. The van der Waals surface area contributed by atoms with Crippen LogP contribution in [0.1, 0.15) is 21.5 Å². The lowest BCUT2D eigenvalue weighted by Crippen LogP contribution is -2.37. The Morgan fingerprint density at radius 1 is 1.45 bits per heavy atom. The standard InChI is InChI=1S/C9H22Si2/c1-6-9-10(2,3)7-8-11(9,4)5/h9H,6-8H2,1-5H3/i2D3,6D2,9D. The van der Waals surface area contributed by atoms with Crippen molar-refractivity contribution in [1.29, 1.82) is 0 Å². The third-order valence-corrected chi connectivity index (χ3v) is 12.6. The summed E-state index contributed by atoms with van der Waals surface area (Å²) >= 11 is 0. The monoisotopic (exact) mass is 192 g/mol. The van der Waals surface area contributed by atoms with Crippen LogP contribution in [0, 0.1) is 0 Å². The van der Waals surface area contributed by atoms with Gasteiger partial charge in [-0.3, -0.25) is 0 Å². The van der Waals surface area contributed by atoms with E-state index < -0.39 is 34.1 Å². The summed E-state index contributed by atoms with van der Waals surface area (Å²) in [5.41, 5.74) is 0. The topological polar surface area (TPSA) is 0 Å². The van der Waals surface area contributed by atoms with E-state index in [1.54, 1.807) is 6.55 Å². The predicted octanol–water partition coefficient (Wildman–Crippen LogP) is 3.74. The average Bonchev–Trinajstić information content (AvgIpc) is 2.26. The second kappa shape index (κ2) is 2.73. The highest BCUT2D eigenvalue weighted by atomic mass is 28.4. The van der Waals surface area contributed by atoms with Crippen molar-refractivity contribution in [3.63, 3.8) is 0 Å². The van der Waals surface area contributed by atoms with Crippen molar-refractivity contribution in [1.82, 2.24) is 0 Å². The van der Waals surface area contributed by atoms with Crippen molar-refractivity contribution in [2.45, 2.75) is 56.6 Å². The van der Waals surface area contributed by atoms with Crippen molar-refractivity contribution in [2.75, 3.05) is 0 Å². The minimum absolute atomic E-state index is 0.569. The van der Waals surface area contributed by atoms with Gasteiger partial charge < -0.3 is 0 Å². The molecule has 2 unspecified atom stereocenters. The molecule has 0 aromatic heterocycles. The first kappa shape index (κ1) is 4.10. The van der Waals surface area contributed by atoms with Crippen LogP contribution in [0.4, 0.5) is 0 Å². The molecule has 1 fully saturated rings. The second-order valence-corrected chi connectivity index (χ2v) is 13.3. The molecule has 11 heavy (non-hydrogen) atoms. The fourth-order valence-corrected chi connectivity index (χ4v) is 15.1. The van der Waals surface area contributed by atoms with Gasteiger partial charge in [0.05, 0.1) is 0 Å². The molecule has 66 valence electrons. The van der Waals surface area contributed by atoms with Crippen LogP contribution in [0.3, 0.4) is 0 Å². The van der Waals surface area contributed by atoms with Crippen LogP contribution in [0.2, 0.25) is 43.3 Å². The molecule has 1 saturated heterocycles. The Morgan fingerprint density at radius 3 is 2.36 bits per heavy atom. The first-order valence-corrected chi connectivity index (χ1v) is 10.1. The fraction of sp³-hybridized carbons (Fsp3) is 1.00. The van der Waals surface area contributed by atoms with Crippen LogP contribution in [0.5, 0.6) is 0 Å². The Hall–Kier alpha value is 0.434. The number of hydrogen-bond acceptors (Lipinski definition) is 0. The van der Waals surface area contributed by atoms with Gasteiger partial charge in [0.15, 0.2) is 0 Å². The highest BCUT2D eigenvalue weighted by Crippen LogP contribution is 2.47. The van der Waals surface area contributed by atoms with Crippen LogP contribution in [-0.4, -0.2) is 16.1 Å². The van der Waals surface area contributed by atoms with Crippen molar-refractivity contribution >= 4 is 16.1 Å². The molecule has 0 aliphatic carbocycles. The van der Waals surface area contributed by atoms with E-state index in [-0.39, 0.29) is 0 Å². The molecule has 0 spiro atoms. The summed E-state index contributed by atoms with van der Waals surface area (Å²) < 4.78 is 48.1. The summed E-state index contributed by atoms with van der Waals surface area (Å²) in [7, 11) is -5.14. The molecule has 2 heteroatoms. The molecule has 0 amide bonds. The maximum absolute atomic E-state index is 8.73. The summed E-state index contributed by atoms with van der Waals surface area (Å²) in [5, 5.41) is -1.34. The highest BCUT2D eigenvalue weighted by molar-refractivity contribution is 7.01. The first-order chi connectivity index (χ1) is 7.21. The third kappa shape index (κ3) is 1.62. The van der Waals surface area contributed by atoms with Crippen molar-refractivity contribution in [3.05, 3.63) is 0 Å². The highest BCUT2D eigenvalue weighted by Gasteiger charge is 2.47. The van der Waals surface area contributed by atoms with Crippen LogP contribution in [-0.2, 0) is 0 Å². The fourth-order valence-electron chi connectivity index (χ4n) is 2.17. The molecular weight excluding hydrogens is 164 g/mol. The van der Waals surface area contributed by atoms with E-state index in [1.807, 2.05) is 13.1 Å². The van der Waals surface area contributed by atoms with Gasteiger partial charge in [0, 0.05) is 24.4 Å². The Morgan fingerprint density at radius 2 is 2.00 bits per heavy atom. The molecule has 1 rings (SSSR count). The van der Waals surface area contributed by atoms with Gasteiger partial charge in [-0.2, -0.15) is 0 Å². The van der Waals surface area contributed by atoms with E-state index >= 15 is 0 Å². The largest absolute Gasteiger partial charge is 0.0694 e. The zero-order valence-corrected chi connectivity index (χ0v) is 9.91. The van der Waals surface area contributed by atoms with E-state index in [4.69, 9.17) is 8.22 Å². The summed E-state index contributed by atoms with van der Waals surface area (Å²) in [5.74, 6) is 0. The van der Waals surface area contributed by atoms with Gasteiger partial charge in [0.25, 0.3) is 0 Å². The Balaban J connectivity index is 3.47. The van der Waals surface area contributed by atoms with Crippen LogP contribution >= 0.6 is 0 Å². The van der Waals surface area contributed by atoms with Gasteiger partial charge in [0.2, 0.25) is 0 Å². The lowest BCUT2D eigenvalue weighted by Gasteiger charge is -2.31. The van der Waals surface area contributed by atoms with Crippen LogP contribution in [0.25, 0.3) is 0 Å². The molecule has 0 nitrogen and oxygen atoms in total. The van der Waals surface area contributed by atoms with Gasteiger partial charge in [-0.15, -0.1) is 0 Å². The lowest BCUT2D eigenvalue weighted by molar-refractivity contribution is 0.963. The Kier molecular flexibility index (Phi) is 1.02. The minimum Gasteiger partial charge on any atom is -0.0694 e. The zero-order chi connectivity index (χ0) is 13.9. The lowest BCUT2D eigenvalue weighted by atomic mass is 10.6. The molecular formula is C9H22Si2. The summed E-state index contributed by atoms with van der Waals surface area (Å²) in [4.78, 5) is 0. The Bertz CT molecular complexity index is 320. The molecule has 0 bridgehead atoms. The maximum Gasteiger partial charge on any atom is 0.0475 e. The average molecular weight is 192 g/mol. The molecule has 0 aromatic carbocycles. The molecule has 1 aliphatic heterocycles. The number of rotatable bonds is 1. The smallest absolute Gasteiger partial charge is 0.0475 e. The predicted molar refractivity (Wildman–Crippen MR) is 58.6 cm³/mol. The SMILES string of the molecule is [2H]C([2H])(C)C1([2H])[Si](C)(C)CC[Si]1(C)C([2H])([2H])[2H]. The molecule has 0 N–H and O–H groups in total. The van der Waals surface area contributed by atoms with Crippen molar-refractivity contribution in [3.8, 4) is 0 Å². The van der Waals surface area contributed by atoms with Crippen molar-refractivity contribution < 1.29 is 8.22 Å². The van der Waals surface area contributed by atoms with E-state index in [1.165, 1.54) is 6.92 Å². The van der Waals surface area contributed by atoms with Gasteiger partial charge >= 0.3 is 0 Å². The Labute approximate surface area is 81.8 Å². The van der Waals surface area contributed by atoms with E-state index in [9.17, 15) is 0 Å². The van der Waals surface area contributed by atoms with E-state index in [0.29, 0.717) is 6.04 Å². The molecule has 0 saturated carbocycles. The van der Waals surface area contributed by atoms with Crippen molar-refractivity contribution in [2.24, 2.45) is 0 Å². The summed E-state index contributed by atoms with van der Waals surface area (Å²) in [6, 6.07) is 1.34. The number of hydrogen-bond donors (Lipinski definition) is 0. The van der Waals surface area contributed by atoms with Crippen LogP contribution in [0.15, 0.2) is 0 Å². The zero-order valence-electron chi connectivity index (χ0n) is 13.9. The van der Waals surface area contributed by atoms with E-state index in [0.717, 1.165) is 6.04 Å². The molecule has 2 atom stereocenters. The molecule has 0 radical (unpaired) electrons.